The van der Waals surface area contributed by atoms with Crippen LogP contribution in [0.1, 0.15) is 52.9 Å². The van der Waals surface area contributed by atoms with Gasteiger partial charge in [-0.1, -0.05) is 38.1 Å². The van der Waals surface area contributed by atoms with Crippen LogP contribution in [0.25, 0.3) is 0 Å². The molecule has 2 unspecified atom stereocenters. The lowest BCUT2D eigenvalue weighted by Gasteiger charge is -2.35. The Hall–Kier alpha value is -2.18. The molecule has 6 heteroatoms. The SMILES string of the molecule is CC(=O)NCc1ccc(C(=O)NCc2ccccc2CN2CC(C)CC(C)C2)s1. The highest BCUT2D eigenvalue weighted by Crippen LogP contribution is 2.23. The molecule has 1 aliphatic heterocycles. The fraction of sp³-hybridized carbons (Fsp3) is 0.478. The van der Waals surface area contributed by atoms with Crippen molar-refractivity contribution in [1.82, 2.24) is 15.5 Å². The van der Waals surface area contributed by atoms with Gasteiger partial charge in [-0.15, -0.1) is 11.3 Å². The standard InChI is InChI=1S/C23H31N3O2S/c1-16-10-17(2)14-26(13-16)15-20-7-5-4-6-19(20)11-25-23(28)22-9-8-21(29-22)12-24-18(3)27/h4-9,16-17H,10-15H2,1-3H3,(H,24,27)(H,25,28). The van der Waals surface area contributed by atoms with Crippen molar-refractivity contribution in [3.8, 4) is 0 Å². The van der Waals surface area contributed by atoms with Crippen LogP contribution in [0.15, 0.2) is 36.4 Å². The van der Waals surface area contributed by atoms with Crippen LogP contribution >= 0.6 is 11.3 Å². The molecule has 1 aromatic heterocycles. The van der Waals surface area contributed by atoms with E-state index in [1.165, 1.54) is 35.8 Å². The molecule has 5 nitrogen and oxygen atoms in total. The summed E-state index contributed by atoms with van der Waals surface area (Å²) in [5.74, 6) is 1.32. The first-order valence-electron chi connectivity index (χ1n) is 10.3. The normalized spacial score (nSPS) is 19.7. The zero-order chi connectivity index (χ0) is 20.8. The van der Waals surface area contributed by atoms with Crippen molar-refractivity contribution in [3.63, 3.8) is 0 Å². The molecule has 0 aliphatic carbocycles. The predicted octanol–water partition coefficient (Wildman–Crippen LogP) is 3.79. The minimum Gasteiger partial charge on any atom is -0.351 e. The lowest BCUT2D eigenvalue weighted by Crippen LogP contribution is -2.38. The highest BCUT2D eigenvalue weighted by atomic mass is 32.1. The van der Waals surface area contributed by atoms with E-state index in [1.807, 2.05) is 18.2 Å². The van der Waals surface area contributed by atoms with E-state index in [0.717, 1.165) is 36.3 Å². The quantitative estimate of drug-likeness (QED) is 0.726. The van der Waals surface area contributed by atoms with Crippen molar-refractivity contribution >= 4 is 23.2 Å². The maximum Gasteiger partial charge on any atom is 0.261 e. The number of likely N-dealkylation sites (tertiary alicyclic amines) is 1. The third-order valence-electron chi connectivity index (χ3n) is 5.29. The predicted molar refractivity (Wildman–Crippen MR) is 118 cm³/mol. The third kappa shape index (κ3) is 6.41. The number of hydrogen-bond acceptors (Lipinski definition) is 4. The van der Waals surface area contributed by atoms with Gasteiger partial charge >= 0.3 is 0 Å². The highest BCUT2D eigenvalue weighted by molar-refractivity contribution is 7.14. The zero-order valence-electron chi connectivity index (χ0n) is 17.5. The zero-order valence-corrected chi connectivity index (χ0v) is 18.3. The first kappa shape index (κ1) is 21.5. The summed E-state index contributed by atoms with van der Waals surface area (Å²) in [6.45, 7) is 10.3. The molecule has 1 aliphatic rings. The van der Waals surface area contributed by atoms with E-state index in [0.29, 0.717) is 18.0 Å². The average Bonchev–Trinajstić information content (AvgIpc) is 3.14. The fourth-order valence-electron chi connectivity index (χ4n) is 4.12. The molecular weight excluding hydrogens is 382 g/mol. The molecule has 3 rings (SSSR count). The maximum atomic E-state index is 12.6. The third-order valence-corrected chi connectivity index (χ3v) is 6.38. The van der Waals surface area contributed by atoms with Gasteiger partial charge in [0.2, 0.25) is 5.91 Å². The van der Waals surface area contributed by atoms with Crippen molar-refractivity contribution in [2.45, 2.75) is 46.8 Å². The smallest absolute Gasteiger partial charge is 0.261 e. The Morgan fingerprint density at radius 1 is 1.00 bits per heavy atom. The van der Waals surface area contributed by atoms with Crippen molar-refractivity contribution in [2.75, 3.05) is 13.1 Å². The number of carbonyl (C=O) groups excluding carboxylic acids is 2. The highest BCUT2D eigenvalue weighted by Gasteiger charge is 2.22. The molecule has 1 saturated heterocycles. The maximum absolute atomic E-state index is 12.6. The Balaban J connectivity index is 1.58. The van der Waals surface area contributed by atoms with E-state index >= 15 is 0 Å². The van der Waals surface area contributed by atoms with Crippen LogP contribution in [0.5, 0.6) is 0 Å². The van der Waals surface area contributed by atoms with Gasteiger partial charge in [-0.2, -0.15) is 0 Å². The first-order valence-corrected chi connectivity index (χ1v) is 11.1. The second kappa shape index (κ2) is 10.0. The van der Waals surface area contributed by atoms with Gasteiger partial charge in [-0.25, -0.2) is 0 Å². The average molecular weight is 414 g/mol. The molecule has 2 amide bonds. The molecule has 0 saturated carbocycles. The molecule has 2 atom stereocenters. The van der Waals surface area contributed by atoms with Crippen molar-refractivity contribution < 1.29 is 9.59 Å². The Morgan fingerprint density at radius 2 is 1.69 bits per heavy atom. The van der Waals surface area contributed by atoms with Crippen molar-refractivity contribution in [3.05, 3.63) is 57.3 Å². The Labute approximate surface area is 177 Å². The molecule has 1 aromatic carbocycles. The number of amides is 2. The summed E-state index contributed by atoms with van der Waals surface area (Å²) >= 11 is 1.42. The van der Waals surface area contributed by atoms with Gasteiger partial charge in [-0.05, 0) is 41.5 Å². The second-order valence-electron chi connectivity index (χ2n) is 8.27. The van der Waals surface area contributed by atoms with Gasteiger partial charge in [0.25, 0.3) is 5.91 Å². The Bertz CT molecular complexity index is 838. The van der Waals surface area contributed by atoms with Crippen LogP contribution in [0.4, 0.5) is 0 Å². The summed E-state index contributed by atoms with van der Waals surface area (Å²) in [5.41, 5.74) is 2.45. The number of benzene rings is 1. The number of nitrogens with one attached hydrogen (secondary N) is 2. The molecule has 0 bridgehead atoms. The van der Waals surface area contributed by atoms with Crippen molar-refractivity contribution in [1.29, 1.82) is 0 Å². The van der Waals surface area contributed by atoms with Crippen LogP contribution in [0.3, 0.4) is 0 Å². The topological polar surface area (TPSA) is 61.4 Å². The van der Waals surface area contributed by atoms with Gasteiger partial charge in [0.1, 0.15) is 0 Å². The summed E-state index contributed by atoms with van der Waals surface area (Å²) in [5, 5.41) is 5.81. The number of piperidine rings is 1. The van der Waals surface area contributed by atoms with Gasteiger partial charge in [0, 0.05) is 38.0 Å². The molecule has 156 valence electrons. The monoisotopic (exact) mass is 413 g/mol. The fourth-order valence-corrected chi connectivity index (χ4v) is 4.98. The van der Waals surface area contributed by atoms with Crippen LogP contribution in [-0.2, 0) is 24.4 Å². The van der Waals surface area contributed by atoms with Gasteiger partial charge in [0.15, 0.2) is 0 Å². The minimum absolute atomic E-state index is 0.0703. The van der Waals surface area contributed by atoms with Crippen LogP contribution in [-0.4, -0.2) is 29.8 Å². The number of thiophene rings is 1. The number of rotatable bonds is 7. The molecule has 0 radical (unpaired) electrons. The molecular formula is C23H31N3O2S. The van der Waals surface area contributed by atoms with Crippen molar-refractivity contribution in [2.24, 2.45) is 11.8 Å². The second-order valence-corrected chi connectivity index (χ2v) is 9.44. The molecule has 2 aromatic rings. The molecule has 2 N–H and O–H groups in total. The van der Waals surface area contributed by atoms with Gasteiger partial charge < -0.3 is 10.6 Å². The van der Waals surface area contributed by atoms with E-state index in [1.54, 1.807) is 0 Å². The molecule has 29 heavy (non-hydrogen) atoms. The van der Waals surface area contributed by atoms with Gasteiger partial charge in [-0.3, -0.25) is 14.5 Å². The van der Waals surface area contributed by atoms with E-state index in [9.17, 15) is 9.59 Å². The molecule has 0 spiro atoms. The minimum atomic E-state index is -0.0708. The lowest BCUT2D eigenvalue weighted by molar-refractivity contribution is -0.119. The largest absolute Gasteiger partial charge is 0.351 e. The summed E-state index contributed by atoms with van der Waals surface area (Å²) in [4.78, 5) is 27.8. The Morgan fingerprint density at radius 3 is 2.38 bits per heavy atom. The molecule has 2 heterocycles. The van der Waals surface area contributed by atoms with Crippen LogP contribution in [0.2, 0.25) is 0 Å². The van der Waals surface area contributed by atoms with Crippen LogP contribution < -0.4 is 10.6 Å². The van der Waals surface area contributed by atoms with Gasteiger partial charge in [0.05, 0.1) is 11.4 Å². The number of nitrogens with zero attached hydrogens (tertiary/aromatic N) is 1. The van der Waals surface area contributed by atoms with E-state index < -0.39 is 0 Å². The van der Waals surface area contributed by atoms with E-state index in [-0.39, 0.29) is 11.8 Å². The summed E-state index contributed by atoms with van der Waals surface area (Å²) < 4.78 is 0. The Kier molecular flexibility index (Phi) is 7.45. The number of carbonyl (C=O) groups is 2. The van der Waals surface area contributed by atoms with E-state index in [4.69, 9.17) is 0 Å². The van der Waals surface area contributed by atoms with Crippen LogP contribution in [0, 0.1) is 11.8 Å². The first-order chi connectivity index (χ1) is 13.9. The summed E-state index contributed by atoms with van der Waals surface area (Å²) in [7, 11) is 0. The summed E-state index contributed by atoms with van der Waals surface area (Å²) in [6.07, 6.45) is 1.30. The summed E-state index contributed by atoms with van der Waals surface area (Å²) in [6, 6.07) is 12.1. The lowest BCUT2D eigenvalue weighted by atomic mass is 9.91. The molecule has 1 fully saturated rings. The van der Waals surface area contributed by atoms with E-state index in [2.05, 4.69) is 47.6 Å². The number of hydrogen-bond donors (Lipinski definition) is 2.